The maximum atomic E-state index is 12.8. The minimum Gasteiger partial charge on any atom is -0.355 e. The first-order valence-electron chi connectivity index (χ1n) is 8.49. The number of urea groups is 1. The summed E-state index contributed by atoms with van der Waals surface area (Å²) in [5.74, 6) is -0.698. The predicted octanol–water partition coefficient (Wildman–Crippen LogP) is 1.47. The maximum Gasteiger partial charge on any atom is 0.325 e. The number of hydrogen-bond donors (Lipinski definition) is 2. The van der Waals surface area contributed by atoms with Crippen LogP contribution in [-0.4, -0.2) is 35.8 Å². The molecule has 6 nitrogen and oxygen atoms in total. The Morgan fingerprint density at radius 2 is 2.04 bits per heavy atom. The van der Waals surface area contributed by atoms with E-state index in [4.69, 9.17) is 0 Å². The normalized spacial score (nSPS) is 22.5. The lowest BCUT2D eigenvalue weighted by molar-refractivity contribution is -0.134. The third-order valence-electron chi connectivity index (χ3n) is 4.82. The summed E-state index contributed by atoms with van der Waals surface area (Å²) in [6.07, 6.45) is 4.00. The summed E-state index contributed by atoms with van der Waals surface area (Å²) in [5.41, 5.74) is 2.22. The molecular formula is C18H23N3O3. The van der Waals surface area contributed by atoms with Crippen molar-refractivity contribution in [2.45, 2.75) is 45.1 Å². The SMILES string of the molecule is CCCNC(=O)CN1C(=O)N[C@@](C)(c2ccc3c(c2)CCC3)C1=O. The fourth-order valence-corrected chi connectivity index (χ4v) is 3.38. The molecule has 0 saturated carbocycles. The van der Waals surface area contributed by atoms with E-state index in [1.54, 1.807) is 6.92 Å². The Bertz CT molecular complexity index is 701. The van der Waals surface area contributed by atoms with E-state index < -0.39 is 11.6 Å². The summed E-state index contributed by atoms with van der Waals surface area (Å²) in [4.78, 5) is 37.9. The topological polar surface area (TPSA) is 78.5 Å². The first-order valence-corrected chi connectivity index (χ1v) is 8.49. The Morgan fingerprint density at radius 3 is 2.79 bits per heavy atom. The van der Waals surface area contributed by atoms with Gasteiger partial charge in [0.2, 0.25) is 5.91 Å². The zero-order chi connectivity index (χ0) is 17.3. The van der Waals surface area contributed by atoms with Crippen molar-refractivity contribution in [1.29, 1.82) is 0 Å². The number of hydrogen-bond acceptors (Lipinski definition) is 3. The molecule has 24 heavy (non-hydrogen) atoms. The Balaban J connectivity index is 1.80. The molecule has 0 spiro atoms. The second kappa shape index (κ2) is 6.26. The van der Waals surface area contributed by atoms with Crippen LogP contribution in [0.5, 0.6) is 0 Å². The summed E-state index contributed by atoms with van der Waals surface area (Å²) in [6.45, 7) is 3.93. The quantitative estimate of drug-likeness (QED) is 0.803. The van der Waals surface area contributed by atoms with Gasteiger partial charge in [0, 0.05) is 6.54 Å². The molecule has 4 amide bonds. The van der Waals surface area contributed by atoms with Gasteiger partial charge in [-0.05, 0) is 49.3 Å². The van der Waals surface area contributed by atoms with Gasteiger partial charge in [-0.3, -0.25) is 14.5 Å². The highest BCUT2D eigenvalue weighted by Crippen LogP contribution is 2.32. The van der Waals surface area contributed by atoms with Crippen LogP contribution in [0.2, 0.25) is 0 Å². The van der Waals surface area contributed by atoms with Crippen molar-refractivity contribution in [3.05, 3.63) is 34.9 Å². The average Bonchev–Trinajstić information content (AvgIpc) is 3.11. The first kappa shape index (κ1) is 16.5. The van der Waals surface area contributed by atoms with Gasteiger partial charge in [0.25, 0.3) is 5.91 Å². The Labute approximate surface area is 141 Å². The molecule has 6 heteroatoms. The van der Waals surface area contributed by atoms with Crippen LogP contribution in [0.15, 0.2) is 18.2 Å². The third-order valence-corrected chi connectivity index (χ3v) is 4.82. The average molecular weight is 329 g/mol. The van der Waals surface area contributed by atoms with Crippen molar-refractivity contribution in [3.63, 3.8) is 0 Å². The van der Waals surface area contributed by atoms with Crippen molar-refractivity contribution in [1.82, 2.24) is 15.5 Å². The van der Waals surface area contributed by atoms with Crippen molar-refractivity contribution < 1.29 is 14.4 Å². The van der Waals surface area contributed by atoms with Crippen molar-refractivity contribution in [3.8, 4) is 0 Å². The van der Waals surface area contributed by atoms with E-state index in [-0.39, 0.29) is 18.4 Å². The molecule has 0 unspecified atom stereocenters. The molecule has 2 N–H and O–H groups in total. The van der Waals surface area contributed by atoms with E-state index in [9.17, 15) is 14.4 Å². The molecule has 0 radical (unpaired) electrons. The van der Waals surface area contributed by atoms with Crippen LogP contribution in [0.4, 0.5) is 4.79 Å². The number of aryl methyl sites for hydroxylation is 2. The van der Waals surface area contributed by atoms with Gasteiger partial charge < -0.3 is 10.6 Å². The lowest BCUT2D eigenvalue weighted by Gasteiger charge is -2.23. The summed E-state index contributed by atoms with van der Waals surface area (Å²) in [7, 11) is 0. The molecule has 1 aliphatic heterocycles. The van der Waals surface area contributed by atoms with Gasteiger partial charge in [-0.25, -0.2) is 4.79 Å². The molecule has 1 aliphatic carbocycles. The van der Waals surface area contributed by atoms with Crippen LogP contribution in [-0.2, 0) is 28.0 Å². The Morgan fingerprint density at radius 1 is 1.29 bits per heavy atom. The molecular weight excluding hydrogens is 306 g/mol. The monoisotopic (exact) mass is 329 g/mol. The molecule has 1 aromatic rings. The van der Waals surface area contributed by atoms with Crippen LogP contribution >= 0.6 is 0 Å². The molecule has 1 heterocycles. The molecule has 0 bridgehead atoms. The number of rotatable bonds is 5. The lowest BCUT2D eigenvalue weighted by Crippen LogP contribution is -2.43. The second-order valence-corrected chi connectivity index (χ2v) is 6.63. The van der Waals surface area contributed by atoms with Crippen molar-refractivity contribution >= 4 is 17.8 Å². The van der Waals surface area contributed by atoms with Gasteiger partial charge in [-0.1, -0.05) is 25.1 Å². The van der Waals surface area contributed by atoms with E-state index >= 15 is 0 Å². The number of nitrogens with one attached hydrogen (secondary N) is 2. The van der Waals surface area contributed by atoms with Gasteiger partial charge in [0.15, 0.2) is 0 Å². The molecule has 0 aromatic heterocycles. The van der Waals surface area contributed by atoms with Crippen LogP contribution in [0.3, 0.4) is 0 Å². The molecule has 1 aromatic carbocycles. The third kappa shape index (κ3) is 2.77. The van der Waals surface area contributed by atoms with Gasteiger partial charge in [0.1, 0.15) is 12.1 Å². The van der Waals surface area contributed by atoms with Crippen molar-refractivity contribution in [2.24, 2.45) is 0 Å². The van der Waals surface area contributed by atoms with Crippen molar-refractivity contribution in [2.75, 3.05) is 13.1 Å². The number of benzene rings is 1. The maximum absolute atomic E-state index is 12.8. The largest absolute Gasteiger partial charge is 0.355 e. The number of amides is 4. The van der Waals surface area contributed by atoms with Gasteiger partial charge in [-0.15, -0.1) is 0 Å². The Hall–Kier alpha value is -2.37. The van der Waals surface area contributed by atoms with E-state index in [1.807, 2.05) is 25.1 Å². The zero-order valence-electron chi connectivity index (χ0n) is 14.1. The highest BCUT2D eigenvalue weighted by molar-refractivity contribution is 6.09. The molecule has 1 saturated heterocycles. The predicted molar refractivity (Wildman–Crippen MR) is 89.4 cm³/mol. The molecule has 3 rings (SSSR count). The van der Waals surface area contributed by atoms with E-state index in [1.165, 1.54) is 11.1 Å². The van der Waals surface area contributed by atoms with E-state index in [2.05, 4.69) is 10.6 Å². The van der Waals surface area contributed by atoms with Gasteiger partial charge >= 0.3 is 6.03 Å². The molecule has 128 valence electrons. The fraction of sp³-hybridized carbons (Fsp3) is 0.500. The summed E-state index contributed by atoms with van der Waals surface area (Å²) in [6, 6.07) is 5.44. The smallest absolute Gasteiger partial charge is 0.325 e. The number of carbonyl (C=O) groups is 3. The highest BCUT2D eigenvalue weighted by atomic mass is 16.2. The highest BCUT2D eigenvalue weighted by Gasteiger charge is 2.49. The summed E-state index contributed by atoms with van der Waals surface area (Å²) >= 11 is 0. The first-order chi connectivity index (χ1) is 11.5. The number of fused-ring (bicyclic) bond motifs is 1. The minimum atomic E-state index is -1.11. The molecule has 1 atom stereocenters. The number of imide groups is 1. The number of carbonyl (C=O) groups excluding carboxylic acids is 3. The molecule has 2 aliphatic rings. The lowest BCUT2D eigenvalue weighted by atomic mass is 9.89. The second-order valence-electron chi connectivity index (χ2n) is 6.63. The van der Waals surface area contributed by atoms with Crippen LogP contribution in [0, 0.1) is 0 Å². The minimum absolute atomic E-state index is 0.245. The molecule has 1 fully saturated rings. The van der Waals surface area contributed by atoms with Crippen LogP contribution in [0.25, 0.3) is 0 Å². The van der Waals surface area contributed by atoms with E-state index in [0.717, 1.165) is 36.1 Å². The van der Waals surface area contributed by atoms with Gasteiger partial charge in [0.05, 0.1) is 0 Å². The summed E-state index contributed by atoms with van der Waals surface area (Å²) < 4.78 is 0. The van der Waals surface area contributed by atoms with E-state index in [0.29, 0.717) is 6.54 Å². The standard InChI is InChI=1S/C18H23N3O3/c1-3-9-19-15(22)11-21-16(23)18(2,20-17(21)24)14-8-7-12-5-4-6-13(12)10-14/h7-8,10H,3-6,9,11H2,1-2H3,(H,19,22)(H,20,24)/t18-/m0/s1. The summed E-state index contributed by atoms with van der Waals surface area (Å²) in [5, 5.41) is 5.45. The Kier molecular flexibility index (Phi) is 4.30. The number of nitrogens with zero attached hydrogens (tertiary/aromatic N) is 1. The zero-order valence-corrected chi connectivity index (χ0v) is 14.1. The fourth-order valence-electron chi connectivity index (χ4n) is 3.38. The van der Waals surface area contributed by atoms with Crippen LogP contribution in [0.1, 0.15) is 43.4 Å². The van der Waals surface area contributed by atoms with Gasteiger partial charge in [-0.2, -0.15) is 0 Å². The van der Waals surface area contributed by atoms with Crippen LogP contribution < -0.4 is 10.6 Å².